The Balaban J connectivity index is 2.62. The molecule has 0 atom stereocenters. The van der Waals surface area contributed by atoms with E-state index in [9.17, 15) is 9.59 Å². The third kappa shape index (κ3) is 3.42. The molecular weight excluding hydrogens is 280 g/mol. The first-order valence-corrected chi connectivity index (χ1v) is 7.32. The summed E-state index contributed by atoms with van der Waals surface area (Å²) in [5.41, 5.74) is 3.71. The summed E-state index contributed by atoms with van der Waals surface area (Å²) < 4.78 is 1.37. The average molecular weight is 300 g/mol. The zero-order valence-electron chi connectivity index (χ0n) is 13.1. The highest BCUT2D eigenvalue weighted by molar-refractivity contribution is 5.71. The van der Waals surface area contributed by atoms with E-state index in [4.69, 9.17) is 5.11 Å². The summed E-state index contributed by atoms with van der Waals surface area (Å²) in [5.74, 6) is -1.02. The highest BCUT2D eigenvalue weighted by Crippen LogP contribution is 2.22. The van der Waals surface area contributed by atoms with Crippen LogP contribution >= 0.6 is 0 Å². The molecule has 0 spiro atoms. The predicted molar refractivity (Wildman–Crippen MR) is 85.0 cm³/mol. The lowest BCUT2D eigenvalue weighted by Gasteiger charge is -2.11. The second-order valence-electron chi connectivity index (χ2n) is 5.47. The van der Waals surface area contributed by atoms with Gasteiger partial charge >= 0.3 is 5.97 Å². The van der Waals surface area contributed by atoms with Crippen LogP contribution in [0.1, 0.15) is 30.0 Å². The van der Waals surface area contributed by atoms with Crippen molar-refractivity contribution in [1.29, 1.82) is 0 Å². The minimum atomic E-state index is -1.02. The van der Waals surface area contributed by atoms with E-state index in [0.717, 1.165) is 23.1 Å². The minimum Gasteiger partial charge on any atom is -0.481 e. The van der Waals surface area contributed by atoms with E-state index >= 15 is 0 Å². The Labute approximate surface area is 129 Å². The molecule has 0 bridgehead atoms. The van der Waals surface area contributed by atoms with Crippen molar-refractivity contribution in [2.45, 2.75) is 40.2 Å². The summed E-state index contributed by atoms with van der Waals surface area (Å²) in [6.45, 7) is 6.42. The zero-order chi connectivity index (χ0) is 16.3. The first-order valence-electron chi connectivity index (χ1n) is 7.32. The normalized spacial score (nSPS) is 10.7. The van der Waals surface area contributed by atoms with Crippen LogP contribution in [0, 0.1) is 13.8 Å². The molecule has 116 valence electrons. The molecule has 22 heavy (non-hydrogen) atoms. The van der Waals surface area contributed by atoms with Gasteiger partial charge < -0.3 is 5.11 Å². The van der Waals surface area contributed by atoms with Crippen LogP contribution in [0.2, 0.25) is 0 Å². The van der Waals surface area contributed by atoms with E-state index in [0.29, 0.717) is 12.2 Å². The van der Waals surface area contributed by atoms with Crippen molar-refractivity contribution in [1.82, 2.24) is 9.78 Å². The molecule has 1 N–H and O–H groups in total. The number of hydrogen-bond donors (Lipinski definition) is 1. The Kier molecular flexibility index (Phi) is 4.75. The number of carboxylic acids is 1. The van der Waals surface area contributed by atoms with Gasteiger partial charge in [0, 0.05) is 17.7 Å². The molecule has 2 rings (SSSR count). The zero-order valence-corrected chi connectivity index (χ0v) is 13.1. The molecular formula is C17H20N2O3. The van der Waals surface area contributed by atoms with Gasteiger partial charge in [0.25, 0.3) is 5.56 Å². The maximum absolute atomic E-state index is 12.3. The monoisotopic (exact) mass is 300 g/mol. The molecule has 0 saturated heterocycles. The van der Waals surface area contributed by atoms with Crippen LogP contribution in [0.25, 0.3) is 11.3 Å². The van der Waals surface area contributed by atoms with Crippen LogP contribution in [0.3, 0.4) is 0 Å². The highest BCUT2D eigenvalue weighted by Gasteiger charge is 2.13. The molecule has 5 heteroatoms. The largest absolute Gasteiger partial charge is 0.481 e. The van der Waals surface area contributed by atoms with Gasteiger partial charge in [0.15, 0.2) is 0 Å². The summed E-state index contributed by atoms with van der Waals surface area (Å²) in [5, 5.41) is 13.4. The van der Waals surface area contributed by atoms with E-state index in [1.54, 1.807) is 6.07 Å². The molecule has 0 aliphatic carbocycles. The number of nitrogens with zero attached hydrogens (tertiary/aromatic N) is 2. The van der Waals surface area contributed by atoms with Crippen molar-refractivity contribution in [2.75, 3.05) is 0 Å². The number of hydrogen-bond acceptors (Lipinski definition) is 3. The molecule has 0 amide bonds. The molecule has 5 nitrogen and oxygen atoms in total. The SMILES string of the molecule is CCCn1nc(-c2ccc(C)cc2C)cc(CC(=O)O)c1=O. The predicted octanol–water partition coefficient (Wildman–Crippen LogP) is 2.56. The minimum absolute atomic E-state index is 0.269. The van der Waals surface area contributed by atoms with Crippen LogP contribution < -0.4 is 5.56 Å². The van der Waals surface area contributed by atoms with Crippen molar-refractivity contribution in [3.8, 4) is 11.3 Å². The quantitative estimate of drug-likeness (QED) is 0.921. The molecule has 0 fully saturated rings. The summed E-state index contributed by atoms with van der Waals surface area (Å²) in [6, 6.07) is 7.58. The van der Waals surface area contributed by atoms with E-state index in [1.807, 2.05) is 39.0 Å². The van der Waals surface area contributed by atoms with Crippen molar-refractivity contribution in [3.63, 3.8) is 0 Å². The van der Waals surface area contributed by atoms with Gasteiger partial charge in [-0.3, -0.25) is 9.59 Å². The maximum atomic E-state index is 12.3. The number of aromatic nitrogens is 2. The van der Waals surface area contributed by atoms with Crippen LogP contribution in [0.15, 0.2) is 29.1 Å². The van der Waals surface area contributed by atoms with Gasteiger partial charge in [-0.05, 0) is 31.9 Å². The maximum Gasteiger partial charge on any atom is 0.308 e. The lowest BCUT2D eigenvalue weighted by molar-refractivity contribution is -0.136. The van der Waals surface area contributed by atoms with Gasteiger partial charge in [0.05, 0.1) is 12.1 Å². The fourth-order valence-corrected chi connectivity index (χ4v) is 2.48. The number of aliphatic carboxylic acids is 1. The molecule has 0 saturated carbocycles. The van der Waals surface area contributed by atoms with Crippen LogP contribution in [0.5, 0.6) is 0 Å². The van der Waals surface area contributed by atoms with Crippen molar-refractivity contribution >= 4 is 5.97 Å². The van der Waals surface area contributed by atoms with Gasteiger partial charge in [-0.15, -0.1) is 0 Å². The summed E-state index contributed by atoms with van der Waals surface area (Å²) in [7, 11) is 0. The van der Waals surface area contributed by atoms with Gasteiger partial charge in [0.2, 0.25) is 0 Å². The second kappa shape index (κ2) is 6.56. The molecule has 0 aliphatic rings. The van der Waals surface area contributed by atoms with Crippen molar-refractivity contribution < 1.29 is 9.90 Å². The smallest absolute Gasteiger partial charge is 0.308 e. The van der Waals surface area contributed by atoms with Gasteiger partial charge in [-0.2, -0.15) is 5.10 Å². The third-order valence-corrected chi connectivity index (χ3v) is 3.48. The van der Waals surface area contributed by atoms with E-state index in [-0.39, 0.29) is 17.5 Å². The summed E-state index contributed by atoms with van der Waals surface area (Å²) in [4.78, 5) is 23.2. The van der Waals surface area contributed by atoms with Gasteiger partial charge in [-0.25, -0.2) is 4.68 Å². The number of benzene rings is 1. The lowest BCUT2D eigenvalue weighted by atomic mass is 10.0. The van der Waals surface area contributed by atoms with E-state index in [1.165, 1.54) is 4.68 Å². The molecule has 2 aromatic rings. The molecule has 1 aromatic heterocycles. The number of carboxylic acid groups (broad SMARTS) is 1. The Morgan fingerprint density at radius 2 is 2.00 bits per heavy atom. The number of rotatable bonds is 5. The second-order valence-corrected chi connectivity index (χ2v) is 5.47. The fraction of sp³-hybridized carbons (Fsp3) is 0.353. The number of aryl methyl sites for hydroxylation is 3. The Bertz CT molecular complexity index is 763. The standard InChI is InChI=1S/C17H20N2O3/c1-4-7-19-17(22)13(10-16(20)21)9-15(18-19)14-6-5-11(2)8-12(14)3/h5-6,8-9H,4,7,10H2,1-3H3,(H,20,21). The first kappa shape index (κ1) is 15.9. The average Bonchev–Trinajstić information content (AvgIpc) is 2.43. The third-order valence-electron chi connectivity index (χ3n) is 3.48. The van der Waals surface area contributed by atoms with E-state index in [2.05, 4.69) is 5.10 Å². The molecule has 1 heterocycles. The Morgan fingerprint density at radius 3 is 2.59 bits per heavy atom. The molecule has 0 aliphatic heterocycles. The molecule has 0 radical (unpaired) electrons. The van der Waals surface area contributed by atoms with Gasteiger partial charge in [-0.1, -0.05) is 30.7 Å². The number of carbonyl (C=O) groups is 1. The Morgan fingerprint density at radius 1 is 1.27 bits per heavy atom. The summed E-state index contributed by atoms with van der Waals surface area (Å²) in [6.07, 6.45) is 0.471. The van der Waals surface area contributed by atoms with E-state index < -0.39 is 5.97 Å². The van der Waals surface area contributed by atoms with Crippen LogP contribution in [-0.4, -0.2) is 20.9 Å². The summed E-state index contributed by atoms with van der Waals surface area (Å²) >= 11 is 0. The van der Waals surface area contributed by atoms with Crippen LogP contribution in [-0.2, 0) is 17.8 Å². The fourth-order valence-electron chi connectivity index (χ4n) is 2.48. The lowest BCUT2D eigenvalue weighted by Crippen LogP contribution is -2.28. The Hall–Kier alpha value is -2.43. The van der Waals surface area contributed by atoms with Crippen molar-refractivity contribution in [2.24, 2.45) is 0 Å². The molecule has 0 unspecified atom stereocenters. The highest BCUT2D eigenvalue weighted by atomic mass is 16.4. The first-order chi connectivity index (χ1) is 10.4. The van der Waals surface area contributed by atoms with Crippen molar-refractivity contribution in [3.05, 3.63) is 51.3 Å². The topological polar surface area (TPSA) is 72.2 Å². The van der Waals surface area contributed by atoms with Crippen LogP contribution in [0.4, 0.5) is 0 Å². The molecule has 1 aromatic carbocycles. The van der Waals surface area contributed by atoms with Gasteiger partial charge in [0.1, 0.15) is 0 Å².